The molecule has 0 bridgehead atoms. The number of hydrogen-bond donors (Lipinski definition) is 1. The average molecular weight is 224 g/mol. The number of fused-ring (bicyclic) bond motifs is 1. The van der Waals surface area contributed by atoms with Gasteiger partial charge >= 0.3 is 5.82 Å². The number of imidazole rings is 1. The summed E-state index contributed by atoms with van der Waals surface area (Å²) in [5.74, 6) is 1.19. The normalized spacial score (nSPS) is 19.5. The summed E-state index contributed by atoms with van der Waals surface area (Å²) in [6.45, 7) is 3.36. The van der Waals surface area contributed by atoms with E-state index in [2.05, 4.69) is 4.98 Å². The highest BCUT2D eigenvalue weighted by Gasteiger charge is 2.31. The SMILES string of the molecule is CCc1nc([N+](=O)[O-])c2n1CCC(CN)C2. The minimum atomic E-state index is -0.385. The fourth-order valence-electron chi connectivity index (χ4n) is 2.29. The molecule has 6 heteroatoms. The zero-order valence-electron chi connectivity index (χ0n) is 9.35. The van der Waals surface area contributed by atoms with Crippen molar-refractivity contribution in [3.05, 3.63) is 21.6 Å². The zero-order chi connectivity index (χ0) is 11.7. The Kier molecular flexibility index (Phi) is 2.91. The molecule has 0 spiro atoms. The van der Waals surface area contributed by atoms with Crippen molar-refractivity contribution in [2.24, 2.45) is 11.7 Å². The van der Waals surface area contributed by atoms with Crippen molar-refractivity contribution in [2.75, 3.05) is 6.54 Å². The monoisotopic (exact) mass is 224 g/mol. The molecule has 2 rings (SSSR count). The summed E-state index contributed by atoms with van der Waals surface area (Å²) >= 11 is 0. The van der Waals surface area contributed by atoms with Crippen molar-refractivity contribution < 1.29 is 4.92 Å². The zero-order valence-corrected chi connectivity index (χ0v) is 9.35. The van der Waals surface area contributed by atoms with Gasteiger partial charge in [-0.2, -0.15) is 0 Å². The molecule has 6 nitrogen and oxygen atoms in total. The lowest BCUT2D eigenvalue weighted by atomic mass is 9.96. The molecule has 0 radical (unpaired) electrons. The molecular weight excluding hydrogens is 208 g/mol. The highest BCUT2D eigenvalue weighted by Crippen LogP contribution is 2.28. The summed E-state index contributed by atoms with van der Waals surface area (Å²) in [6.07, 6.45) is 2.40. The van der Waals surface area contributed by atoms with Gasteiger partial charge in [-0.05, 0) is 28.8 Å². The van der Waals surface area contributed by atoms with Crippen LogP contribution in [-0.2, 0) is 19.4 Å². The van der Waals surface area contributed by atoms with Crippen LogP contribution in [0.4, 0.5) is 5.82 Å². The van der Waals surface area contributed by atoms with Gasteiger partial charge in [0, 0.05) is 19.4 Å². The third-order valence-corrected chi connectivity index (χ3v) is 3.20. The van der Waals surface area contributed by atoms with Crippen LogP contribution in [0.25, 0.3) is 0 Å². The maximum Gasteiger partial charge on any atom is 0.385 e. The first-order valence-electron chi connectivity index (χ1n) is 5.60. The molecule has 2 N–H and O–H groups in total. The average Bonchev–Trinajstić information content (AvgIpc) is 2.66. The Labute approximate surface area is 93.6 Å². The largest absolute Gasteiger partial charge is 0.385 e. The van der Waals surface area contributed by atoms with Gasteiger partial charge in [0.25, 0.3) is 0 Å². The number of nitrogens with two attached hydrogens (primary N) is 1. The van der Waals surface area contributed by atoms with Gasteiger partial charge in [-0.15, -0.1) is 0 Å². The predicted molar refractivity (Wildman–Crippen MR) is 59.1 cm³/mol. The summed E-state index contributed by atoms with van der Waals surface area (Å²) in [6, 6.07) is 0. The molecule has 1 aromatic heterocycles. The molecule has 0 amide bonds. The van der Waals surface area contributed by atoms with E-state index in [1.165, 1.54) is 0 Å². The van der Waals surface area contributed by atoms with Crippen LogP contribution in [0.5, 0.6) is 0 Å². The fourth-order valence-corrected chi connectivity index (χ4v) is 2.29. The quantitative estimate of drug-likeness (QED) is 0.609. The van der Waals surface area contributed by atoms with Crippen molar-refractivity contribution in [3.63, 3.8) is 0 Å². The molecule has 88 valence electrons. The Morgan fingerprint density at radius 1 is 1.69 bits per heavy atom. The van der Waals surface area contributed by atoms with Crippen LogP contribution in [0.1, 0.15) is 24.9 Å². The summed E-state index contributed by atoms with van der Waals surface area (Å²) in [4.78, 5) is 14.6. The molecule has 0 saturated heterocycles. The molecule has 1 atom stereocenters. The molecule has 1 aliphatic rings. The number of aryl methyl sites for hydroxylation is 1. The third kappa shape index (κ3) is 1.69. The number of nitro groups is 1. The molecule has 2 heterocycles. The minimum absolute atomic E-state index is 0.0231. The lowest BCUT2D eigenvalue weighted by molar-refractivity contribution is -0.390. The summed E-state index contributed by atoms with van der Waals surface area (Å²) in [7, 11) is 0. The van der Waals surface area contributed by atoms with E-state index in [0.717, 1.165) is 30.9 Å². The van der Waals surface area contributed by atoms with Crippen molar-refractivity contribution in [2.45, 2.75) is 32.7 Å². The maximum atomic E-state index is 10.9. The van der Waals surface area contributed by atoms with E-state index in [-0.39, 0.29) is 10.7 Å². The fraction of sp³-hybridized carbons (Fsp3) is 0.700. The highest BCUT2D eigenvalue weighted by atomic mass is 16.6. The van der Waals surface area contributed by atoms with E-state index in [0.29, 0.717) is 18.9 Å². The van der Waals surface area contributed by atoms with Crippen molar-refractivity contribution in [3.8, 4) is 0 Å². The molecule has 0 fully saturated rings. The molecule has 1 unspecified atom stereocenters. The number of nitrogens with zero attached hydrogens (tertiary/aromatic N) is 3. The highest BCUT2D eigenvalue weighted by molar-refractivity contribution is 5.31. The van der Waals surface area contributed by atoms with Crippen LogP contribution in [-0.4, -0.2) is 21.0 Å². The van der Waals surface area contributed by atoms with Gasteiger partial charge < -0.3 is 20.4 Å². The second-order valence-electron chi connectivity index (χ2n) is 4.16. The number of rotatable bonds is 3. The number of aromatic nitrogens is 2. The van der Waals surface area contributed by atoms with E-state index in [1.807, 2.05) is 11.5 Å². The first-order valence-corrected chi connectivity index (χ1v) is 5.60. The van der Waals surface area contributed by atoms with Gasteiger partial charge in [-0.1, -0.05) is 6.92 Å². The molecule has 1 aromatic rings. The van der Waals surface area contributed by atoms with Gasteiger partial charge in [-0.25, -0.2) is 0 Å². The van der Waals surface area contributed by atoms with E-state index < -0.39 is 0 Å². The summed E-state index contributed by atoms with van der Waals surface area (Å²) in [5, 5.41) is 10.9. The van der Waals surface area contributed by atoms with Gasteiger partial charge in [0.15, 0.2) is 0 Å². The molecule has 0 aliphatic carbocycles. The van der Waals surface area contributed by atoms with Gasteiger partial charge in [0.05, 0.1) is 0 Å². The Balaban J connectivity index is 2.43. The molecular formula is C10H16N4O2. The summed E-state index contributed by atoms with van der Waals surface area (Å²) < 4.78 is 1.99. The van der Waals surface area contributed by atoms with Gasteiger partial charge in [0.1, 0.15) is 5.69 Å². The Bertz CT molecular complexity index is 413. The van der Waals surface area contributed by atoms with Crippen LogP contribution in [0.15, 0.2) is 0 Å². The molecule has 1 aliphatic heterocycles. The van der Waals surface area contributed by atoms with Crippen LogP contribution < -0.4 is 5.73 Å². The molecule has 0 saturated carbocycles. The van der Waals surface area contributed by atoms with Gasteiger partial charge in [0.2, 0.25) is 5.82 Å². The first kappa shape index (κ1) is 11.1. The van der Waals surface area contributed by atoms with E-state index in [1.54, 1.807) is 0 Å². The topological polar surface area (TPSA) is 87.0 Å². The van der Waals surface area contributed by atoms with Crippen LogP contribution in [0.3, 0.4) is 0 Å². The van der Waals surface area contributed by atoms with Crippen molar-refractivity contribution >= 4 is 5.82 Å². The minimum Gasteiger partial charge on any atom is -0.358 e. The van der Waals surface area contributed by atoms with Crippen LogP contribution in [0, 0.1) is 16.0 Å². The first-order chi connectivity index (χ1) is 7.67. The standard InChI is InChI=1S/C10H16N4O2/c1-2-9-12-10(14(15)16)8-5-7(6-11)3-4-13(8)9/h7H,2-6,11H2,1H3. The van der Waals surface area contributed by atoms with Gasteiger partial charge in [-0.3, -0.25) is 0 Å². The lowest BCUT2D eigenvalue weighted by Crippen LogP contribution is -2.26. The van der Waals surface area contributed by atoms with E-state index in [4.69, 9.17) is 5.73 Å². The second kappa shape index (κ2) is 4.21. The smallest absolute Gasteiger partial charge is 0.358 e. The Morgan fingerprint density at radius 2 is 2.44 bits per heavy atom. The number of hydrogen-bond acceptors (Lipinski definition) is 4. The van der Waals surface area contributed by atoms with E-state index in [9.17, 15) is 10.1 Å². The Hall–Kier alpha value is -1.43. The van der Waals surface area contributed by atoms with E-state index >= 15 is 0 Å². The van der Waals surface area contributed by atoms with Crippen molar-refractivity contribution in [1.82, 2.24) is 9.55 Å². The summed E-state index contributed by atoms with van der Waals surface area (Å²) in [5.41, 5.74) is 6.38. The molecule has 0 aromatic carbocycles. The Morgan fingerprint density at radius 3 is 3.00 bits per heavy atom. The molecule has 16 heavy (non-hydrogen) atoms. The maximum absolute atomic E-state index is 10.9. The van der Waals surface area contributed by atoms with Crippen LogP contribution >= 0.6 is 0 Å². The lowest BCUT2D eigenvalue weighted by Gasteiger charge is -2.22. The third-order valence-electron chi connectivity index (χ3n) is 3.20. The predicted octanol–water partition coefficient (Wildman–Crippen LogP) is 0.875. The van der Waals surface area contributed by atoms with Crippen molar-refractivity contribution in [1.29, 1.82) is 0 Å². The second-order valence-corrected chi connectivity index (χ2v) is 4.16. The van der Waals surface area contributed by atoms with Crippen LogP contribution in [0.2, 0.25) is 0 Å².